The molecule has 0 saturated carbocycles. The first-order chi connectivity index (χ1) is 54.7. The van der Waals surface area contributed by atoms with E-state index in [1.807, 2.05) is 0 Å². The zero-order valence-electron chi connectivity index (χ0n) is 60.6. The van der Waals surface area contributed by atoms with Crippen LogP contribution in [-0.4, -0.2) is 51.0 Å². The number of fused-ring (bicyclic) bond motifs is 6. The molecule has 16 aromatic carbocycles. The van der Waals surface area contributed by atoms with E-state index in [0.717, 1.165) is 78.6 Å². The van der Waals surface area contributed by atoms with E-state index < -0.39 is 0 Å². The first kappa shape index (κ1) is 65.8. The summed E-state index contributed by atoms with van der Waals surface area (Å²) in [4.78, 5) is 0. The fourth-order valence-electron chi connectivity index (χ4n) is 17.9. The van der Waals surface area contributed by atoms with Crippen molar-refractivity contribution in [2.75, 3.05) is 28.3 Å². The van der Waals surface area contributed by atoms with Crippen LogP contribution in [-0.2, 0) is 0 Å². The lowest BCUT2D eigenvalue weighted by molar-refractivity contribution is 1.18. The Morgan fingerprint density at radius 2 is 0.373 bits per heavy atom. The lowest BCUT2D eigenvalue weighted by Gasteiger charge is -2.57. The first-order valence-corrected chi connectivity index (χ1v) is 38.1. The van der Waals surface area contributed by atoms with Gasteiger partial charge in [0.1, 0.15) is 0 Å². The van der Waals surface area contributed by atoms with Gasteiger partial charge in [0, 0.05) is 67.0 Å². The molecule has 0 bridgehead atoms. The van der Waals surface area contributed by atoms with Crippen molar-refractivity contribution >= 4 is 152 Å². The molecule has 0 unspecified atom stereocenters. The summed E-state index contributed by atoms with van der Waals surface area (Å²) < 4.78 is 20.9. The summed E-state index contributed by atoms with van der Waals surface area (Å²) in [6.45, 7) is -1.90. The molecule has 0 radical (unpaired) electrons. The van der Waals surface area contributed by atoms with Crippen molar-refractivity contribution in [3.63, 3.8) is 0 Å². The van der Waals surface area contributed by atoms with E-state index in [1.165, 1.54) is 54.4 Å². The van der Waals surface area contributed by atoms with Gasteiger partial charge in [0.05, 0.1) is 22.1 Å². The van der Waals surface area contributed by atoms with Gasteiger partial charge in [-0.05, 0) is 165 Å². The molecule has 2 fully saturated rings. The van der Waals surface area contributed by atoms with Crippen LogP contribution >= 0.6 is 0 Å². The zero-order chi connectivity index (χ0) is 72.9. The van der Waals surface area contributed by atoms with Gasteiger partial charge in [0.15, 0.2) is 0 Å². The van der Waals surface area contributed by atoms with Crippen molar-refractivity contribution in [1.82, 2.24) is 9.13 Å². The van der Waals surface area contributed by atoms with Gasteiger partial charge in [-0.3, -0.25) is 0 Å². The van der Waals surface area contributed by atoms with Crippen molar-refractivity contribution in [1.29, 1.82) is 0 Å². The van der Waals surface area contributed by atoms with Crippen LogP contribution in [0.5, 0.6) is 0 Å². The van der Waals surface area contributed by atoms with Gasteiger partial charge in [-0.2, -0.15) is 0 Å². The fraction of sp³-hybridized carbons (Fsp3) is 0. The quantitative estimate of drug-likeness (QED) is 0.0951. The minimum Gasteiger partial charge on any atom is -0.416 e. The largest absolute Gasteiger partial charge is 0.416 e. The normalized spacial score (nSPS) is 13.4. The molecule has 14 heteroatoms. The van der Waals surface area contributed by atoms with Crippen molar-refractivity contribution in [2.45, 2.75) is 0 Å². The van der Waals surface area contributed by atoms with Crippen molar-refractivity contribution < 1.29 is 0 Å². The van der Waals surface area contributed by atoms with E-state index in [1.54, 1.807) is 0 Å². The molecule has 0 amide bonds. The summed E-state index contributed by atoms with van der Waals surface area (Å²) in [5, 5.41) is 4.81. The number of aromatic nitrogens is 2. The molecule has 0 N–H and O–H groups in total. The van der Waals surface area contributed by atoms with E-state index in [4.69, 9.17) is 0 Å². The van der Waals surface area contributed by atoms with Crippen LogP contribution in [0.1, 0.15) is 0 Å². The molecule has 2 aromatic heterocycles. The second-order valence-corrected chi connectivity index (χ2v) is 28.7. The lowest BCUT2D eigenvalue weighted by atomic mass is 9.37. The van der Waals surface area contributed by atoms with Gasteiger partial charge in [0.25, 0.3) is 0 Å². The van der Waals surface area contributed by atoms with E-state index in [-0.39, 0.29) is 41.9 Å². The number of benzene rings is 16. The predicted molar refractivity (Wildman–Crippen MR) is 472 cm³/mol. The molecular formula is C96H72B6N8. The summed E-state index contributed by atoms with van der Waals surface area (Å²) >= 11 is 0. The van der Waals surface area contributed by atoms with Crippen molar-refractivity contribution in [3.8, 4) is 22.5 Å². The topological polar surface area (TPSA) is 29.3 Å². The third-order valence-electron chi connectivity index (χ3n) is 22.4. The van der Waals surface area contributed by atoms with Crippen molar-refractivity contribution in [3.05, 3.63) is 437 Å². The smallest absolute Gasteiger partial charge is 0.389 e. The second kappa shape index (κ2) is 28.6. The summed E-state index contributed by atoms with van der Waals surface area (Å²) in [6, 6.07) is 162. The maximum Gasteiger partial charge on any atom is 0.389 e. The van der Waals surface area contributed by atoms with Gasteiger partial charge >= 0.3 is 41.9 Å². The van der Waals surface area contributed by atoms with Crippen LogP contribution in [0.4, 0.5) is 34.1 Å². The average molecular weight is 1400 g/mol. The van der Waals surface area contributed by atoms with Crippen LogP contribution in [0.15, 0.2) is 437 Å². The lowest BCUT2D eigenvalue weighted by Crippen LogP contribution is -2.86. The minimum absolute atomic E-state index is 0.244. The molecule has 0 atom stereocenters. The Balaban J connectivity index is 0.763. The number of nitrogens with zero attached hydrogens (tertiary/aromatic N) is 8. The molecule has 0 spiro atoms. The third kappa shape index (κ3) is 11.6. The van der Waals surface area contributed by atoms with Gasteiger partial charge in [-0.1, -0.05) is 315 Å². The van der Waals surface area contributed by atoms with Gasteiger partial charge < -0.3 is 37.5 Å². The maximum atomic E-state index is 2.68. The Labute approximate surface area is 644 Å². The Bertz CT molecular complexity index is 6130. The third-order valence-corrected chi connectivity index (χ3v) is 22.4. The molecule has 18 aromatic rings. The van der Waals surface area contributed by atoms with Crippen LogP contribution in [0.3, 0.4) is 0 Å². The molecule has 110 heavy (non-hydrogen) atoms. The van der Waals surface area contributed by atoms with Crippen LogP contribution in [0.25, 0.3) is 66.1 Å². The molecule has 2 aliphatic heterocycles. The Morgan fingerprint density at radius 1 is 0.136 bits per heavy atom. The van der Waals surface area contributed by atoms with Crippen LogP contribution < -0.4 is 61.1 Å². The standard InChI is InChI=1S/C96H72B6N8/c1-10-38-75(39-11-1)97-105(81-48-18-5-19-49-81)99(77-42-14-3-15-43-77)110(100(78-44-16-4-17-45-78)106(97)82-50-20-6-21-51-82)88-60-36-59-87(72-88)104-95-66-33-30-63-91(95)92-70-74(67-68-96(92)104)73-37-34-46-79(69-73)101-107(83-52-22-7-23-53-83)98(76-40-12-2-13-41-76)108(84-54-24-8-25-55-84)102(109(101)85-56-26-9-27-57-85)80-47-35-58-86(71-80)103-93-64-31-28-61-89(93)90-62-29-32-65-94(90)103/h1-72H. The summed E-state index contributed by atoms with van der Waals surface area (Å²) in [7, 11) is 0. The highest BCUT2D eigenvalue weighted by atomic mass is 15.3. The van der Waals surface area contributed by atoms with Gasteiger partial charge in [-0.25, -0.2) is 0 Å². The predicted octanol–water partition coefficient (Wildman–Crippen LogP) is 17.6. The Kier molecular flexibility index (Phi) is 17.1. The molecule has 4 heterocycles. The fourth-order valence-corrected chi connectivity index (χ4v) is 17.9. The zero-order valence-corrected chi connectivity index (χ0v) is 60.6. The monoisotopic (exact) mass is 1400 g/mol. The summed E-state index contributed by atoms with van der Waals surface area (Å²) in [5.41, 5.74) is 22.6. The SMILES string of the molecule is c1ccc(B2N(c3ccccc3)B(c3cccc(-c4ccc5c(c4)c4ccccc4n5-c4cccc(N5B(c6ccccc6)N(c6ccccc6)B(c6ccccc6)N(c6ccccc6)B5c5ccccc5)c4)c3)N(c3ccccc3)B(c3cccc(-n4c5ccccc5c5ccccc54)c3)N2c2ccccc2)cc1. The summed E-state index contributed by atoms with van der Waals surface area (Å²) in [6.07, 6.45) is 0. The Hall–Kier alpha value is -13.7. The maximum absolute atomic E-state index is 2.68. The molecule has 8 nitrogen and oxygen atoms in total. The highest BCUT2D eigenvalue weighted by Crippen LogP contribution is 2.41. The molecule has 514 valence electrons. The molecular weight excluding hydrogens is 1330 g/mol. The minimum atomic E-state index is -0.378. The van der Waals surface area contributed by atoms with E-state index in [9.17, 15) is 0 Å². The van der Waals surface area contributed by atoms with E-state index in [2.05, 4.69) is 474 Å². The second-order valence-electron chi connectivity index (χ2n) is 28.7. The van der Waals surface area contributed by atoms with E-state index in [0.29, 0.717) is 0 Å². The van der Waals surface area contributed by atoms with Crippen molar-refractivity contribution in [2.24, 2.45) is 0 Å². The number of anilines is 6. The highest BCUT2D eigenvalue weighted by Gasteiger charge is 2.58. The number of para-hydroxylation sites is 8. The van der Waals surface area contributed by atoms with Gasteiger partial charge in [-0.15, -0.1) is 0 Å². The molecule has 0 aliphatic carbocycles. The van der Waals surface area contributed by atoms with Gasteiger partial charge in [0.2, 0.25) is 0 Å². The van der Waals surface area contributed by atoms with Crippen LogP contribution in [0, 0.1) is 0 Å². The Morgan fingerprint density at radius 3 is 0.745 bits per heavy atom. The average Bonchev–Trinajstić information content (AvgIpc) is 0.956. The molecule has 2 aliphatic rings. The first-order valence-electron chi connectivity index (χ1n) is 38.1. The molecule has 2 saturated heterocycles. The number of hydrogen-bond donors (Lipinski definition) is 0. The van der Waals surface area contributed by atoms with E-state index >= 15 is 0 Å². The molecule has 20 rings (SSSR count). The van der Waals surface area contributed by atoms with Crippen LogP contribution in [0.2, 0.25) is 0 Å². The highest BCUT2D eigenvalue weighted by molar-refractivity contribution is 7.16. The number of hydrogen-bond acceptors (Lipinski definition) is 6. The summed E-state index contributed by atoms with van der Waals surface area (Å²) in [5.74, 6) is 0. The number of rotatable bonds is 15.